The summed E-state index contributed by atoms with van der Waals surface area (Å²) in [5, 5.41) is 19.1. The van der Waals surface area contributed by atoms with Gasteiger partial charge in [-0.25, -0.2) is 18.2 Å². The molecule has 1 aromatic heterocycles. The van der Waals surface area contributed by atoms with E-state index in [1.807, 2.05) is 50.2 Å². The van der Waals surface area contributed by atoms with Gasteiger partial charge in [0.25, 0.3) is 0 Å². The number of aliphatic hydroxyl groups excluding tert-OH is 1. The van der Waals surface area contributed by atoms with Crippen LogP contribution in [0.2, 0.25) is 0 Å². The van der Waals surface area contributed by atoms with Crippen molar-refractivity contribution in [2.75, 3.05) is 44.3 Å². The van der Waals surface area contributed by atoms with Crippen LogP contribution in [0.15, 0.2) is 53.4 Å². The van der Waals surface area contributed by atoms with E-state index in [-0.39, 0.29) is 49.1 Å². The van der Waals surface area contributed by atoms with Crippen molar-refractivity contribution in [3.8, 4) is 0 Å². The minimum absolute atomic E-state index is 0.0138. The van der Waals surface area contributed by atoms with Crippen LogP contribution in [0.25, 0.3) is 10.2 Å². The van der Waals surface area contributed by atoms with Gasteiger partial charge in [0.2, 0.25) is 10.0 Å². The zero-order valence-corrected chi connectivity index (χ0v) is 31.8. The SMILES string of the molecule is CC(C)CN(CC(O)C(Cc1ccccc1)NC(=O)OC1COC2OCCC12)S(=O)(=O)c1ccc2nc(N(C3CCCC3)C3CCNCC3)sc2c1. The molecule has 12 nitrogen and oxygen atoms in total. The summed E-state index contributed by atoms with van der Waals surface area (Å²) in [6.07, 6.45) is 5.22. The number of thiazole rings is 1. The Bertz CT molecular complexity index is 1750. The molecule has 4 fully saturated rings. The quantitative estimate of drug-likeness (QED) is 0.208. The van der Waals surface area contributed by atoms with Gasteiger partial charge in [-0.3, -0.25) is 0 Å². The highest BCUT2D eigenvalue weighted by Gasteiger charge is 2.44. The number of ether oxygens (including phenoxy) is 3. The molecule has 0 radical (unpaired) electrons. The van der Waals surface area contributed by atoms with Crippen LogP contribution in [0.1, 0.15) is 64.4 Å². The summed E-state index contributed by atoms with van der Waals surface area (Å²) in [5.41, 5.74) is 1.68. The Morgan fingerprint density at radius 1 is 1.04 bits per heavy atom. The Balaban J connectivity index is 1.11. The van der Waals surface area contributed by atoms with Gasteiger partial charge in [-0.15, -0.1) is 0 Å². The van der Waals surface area contributed by atoms with Crippen LogP contribution in [0, 0.1) is 11.8 Å². The Kier molecular flexibility index (Phi) is 12.0. The molecule has 1 saturated carbocycles. The highest BCUT2D eigenvalue weighted by molar-refractivity contribution is 7.89. The van der Waals surface area contributed by atoms with Crippen LogP contribution in [0.3, 0.4) is 0 Å². The predicted octanol–water partition coefficient (Wildman–Crippen LogP) is 4.90. The lowest BCUT2D eigenvalue weighted by Crippen LogP contribution is -2.51. The molecule has 14 heteroatoms. The van der Waals surface area contributed by atoms with E-state index >= 15 is 0 Å². The number of aliphatic hydroxyl groups is 1. The first-order valence-electron chi connectivity index (χ1n) is 19.0. The zero-order chi connectivity index (χ0) is 36.2. The van der Waals surface area contributed by atoms with Crippen molar-refractivity contribution in [3.05, 3.63) is 54.1 Å². The minimum Gasteiger partial charge on any atom is -0.443 e. The standard InChI is InChI=1S/C38H53N5O7S2/c1-25(2)22-42(23-33(44)32(20-26-8-4-3-5-9-26)41-38(45)50-34-24-49-36-30(34)16-19-48-36)52(46,47)29-12-13-31-35(21-29)51-37(40-31)43(27-10-6-7-11-27)28-14-17-39-18-15-28/h3-5,8-9,12-13,21,25,27-28,30,32-34,36,39,44H,6-7,10-11,14-20,22-24H2,1-2H3,(H,41,45). The molecule has 7 rings (SSSR count). The molecular formula is C38H53N5O7S2. The third-order valence-electron chi connectivity index (χ3n) is 10.9. The lowest BCUT2D eigenvalue weighted by molar-refractivity contribution is -0.0907. The summed E-state index contributed by atoms with van der Waals surface area (Å²) in [7, 11) is -4.04. The van der Waals surface area contributed by atoms with Crippen LogP contribution in [-0.2, 0) is 30.7 Å². The molecule has 284 valence electrons. The number of hydrogen-bond donors (Lipinski definition) is 3. The third kappa shape index (κ3) is 8.59. The number of carbonyl (C=O) groups excluding carboxylic acids is 1. The van der Waals surface area contributed by atoms with Gasteiger partial charge in [-0.05, 0) is 81.3 Å². The van der Waals surface area contributed by atoms with Crippen molar-refractivity contribution >= 4 is 42.8 Å². The van der Waals surface area contributed by atoms with Gasteiger partial charge in [-0.1, -0.05) is 68.4 Å². The second kappa shape index (κ2) is 16.7. The highest BCUT2D eigenvalue weighted by Crippen LogP contribution is 2.38. The fourth-order valence-corrected chi connectivity index (χ4v) is 11.1. The minimum atomic E-state index is -4.04. The van der Waals surface area contributed by atoms with Gasteiger partial charge in [0.05, 0.1) is 46.4 Å². The fraction of sp³-hybridized carbons (Fsp3) is 0.632. The number of rotatable bonds is 14. The van der Waals surface area contributed by atoms with Crippen molar-refractivity contribution in [1.29, 1.82) is 0 Å². The molecule has 5 atom stereocenters. The normalized spacial score (nSPS) is 24.1. The van der Waals surface area contributed by atoms with Gasteiger partial charge in [0, 0.05) is 25.2 Å². The number of nitrogens with zero attached hydrogens (tertiary/aromatic N) is 3. The summed E-state index contributed by atoms with van der Waals surface area (Å²) in [4.78, 5) is 21.0. The Morgan fingerprint density at radius 3 is 2.54 bits per heavy atom. The average molecular weight is 756 g/mol. The highest BCUT2D eigenvalue weighted by atomic mass is 32.2. The molecule has 5 unspecified atom stereocenters. The first kappa shape index (κ1) is 37.5. The average Bonchev–Trinajstić information content (AvgIpc) is 3.96. The molecule has 4 aliphatic rings. The molecule has 3 saturated heterocycles. The number of aromatic nitrogens is 1. The first-order valence-corrected chi connectivity index (χ1v) is 21.2. The molecule has 52 heavy (non-hydrogen) atoms. The topological polar surface area (TPSA) is 143 Å². The third-order valence-corrected chi connectivity index (χ3v) is 13.8. The Morgan fingerprint density at radius 2 is 1.79 bits per heavy atom. The molecule has 1 amide bonds. The van der Waals surface area contributed by atoms with E-state index in [2.05, 4.69) is 15.5 Å². The Hall–Kier alpha value is -2.85. The molecule has 3 aliphatic heterocycles. The molecular weight excluding hydrogens is 703 g/mol. The van der Waals surface area contributed by atoms with Crippen molar-refractivity contribution in [1.82, 2.24) is 19.9 Å². The van der Waals surface area contributed by atoms with E-state index in [4.69, 9.17) is 19.2 Å². The van der Waals surface area contributed by atoms with E-state index in [1.54, 1.807) is 23.5 Å². The van der Waals surface area contributed by atoms with Gasteiger partial charge in [0.15, 0.2) is 11.4 Å². The van der Waals surface area contributed by atoms with Crippen LogP contribution in [0.5, 0.6) is 0 Å². The van der Waals surface area contributed by atoms with Gasteiger partial charge < -0.3 is 34.9 Å². The number of amides is 1. The van der Waals surface area contributed by atoms with Crippen LogP contribution in [0.4, 0.5) is 9.93 Å². The summed E-state index contributed by atoms with van der Waals surface area (Å²) < 4.78 is 48.0. The van der Waals surface area contributed by atoms with Gasteiger partial charge in [0.1, 0.15) is 6.10 Å². The van der Waals surface area contributed by atoms with Crippen molar-refractivity contribution in [2.45, 2.75) is 107 Å². The zero-order valence-electron chi connectivity index (χ0n) is 30.2. The predicted molar refractivity (Wildman–Crippen MR) is 201 cm³/mol. The summed E-state index contributed by atoms with van der Waals surface area (Å²) in [5.74, 6) is -0.0441. The molecule has 0 bridgehead atoms. The lowest BCUT2D eigenvalue weighted by Gasteiger charge is -2.38. The van der Waals surface area contributed by atoms with Crippen LogP contribution < -0.4 is 15.5 Å². The fourth-order valence-electron chi connectivity index (χ4n) is 8.23. The smallest absolute Gasteiger partial charge is 0.407 e. The van der Waals surface area contributed by atoms with E-state index < -0.39 is 34.4 Å². The van der Waals surface area contributed by atoms with Crippen molar-refractivity contribution in [2.24, 2.45) is 11.8 Å². The van der Waals surface area contributed by atoms with E-state index in [0.717, 1.165) is 66.1 Å². The number of nitrogens with one attached hydrogen (secondary N) is 2. The summed E-state index contributed by atoms with van der Waals surface area (Å²) in [6.45, 7) is 6.68. The molecule has 2 aromatic carbocycles. The van der Waals surface area contributed by atoms with Crippen molar-refractivity contribution in [3.63, 3.8) is 0 Å². The van der Waals surface area contributed by atoms with E-state index in [0.29, 0.717) is 18.7 Å². The lowest BCUT2D eigenvalue weighted by atomic mass is 10.0. The number of sulfonamides is 1. The maximum Gasteiger partial charge on any atom is 0.407 e. The number of alkyl carbamates (subject to hydrolysis) is 1. The number of carbonyl (C=O) groups is 1. The molecule has 4 heterocycles. The second-order valence-corrected chi connectivity index (χ2v) is 18.1. The second-order valence-electron chi connectivity index (χ2n) is 15.1. The summed E-state index contributed by atoms with van der Waals surface area (Å²) in [6, 6.07) is 14.8. The van der Waals surface area contributed by atoms with Crippen molar-refractivity contribution < 1.29 is 32.5 Å². The first-order chi connectivity index (χ1) is 25.2. The molecule has 3 N–H and O–H groups in total. The number of piperidine rings is 1. The number of hydrogen-bond acceptors (Lipinski definition) is 11. The van der Waals surface area contributed by atoms with E-state index in [9.17, 15) is 18.3 Å². The number of fused-ring (bicyclic) bond motifs is 2. The van der Waals surface area contributed by atoms with Gasteiger partial charge >= 0.3 is 6.09 Å². The molecule has 0 spiro atoms. The summed E-state index contributed by atoms with van der Waals surface area (Å²) >= 11 is 1.57. The van der Waals surface area contributed by atoms with E-state index in [1.165, 1.54) is 17.1 Å². The van der Waals surface area contributed by atoms with Crippen LogP contribution in [-0.4, -0.2) is 105 Å². The maximum atomic E-state index is 14.4. The number of anilines is 1. The van der Waals surface area contributed by atoms with Crippen LogP contribution >= 0.6 is 11.3 Å². The van der Waals surface area contributed by atoms with Gasteiger partial charge in [-0.2, -0.15) is 4.31 Å². The largest absolute Gasteiger partial charge is 0.443 e. The molecule has 1 aliphatic carbocycles. The molecule has 3 aromatic rings. The number of benzene rings is 2. The Labute approximate surface area is 311 Å². The monoisotopic (exact) mass is 755 g/mol. The maximum absolute atomic E-state index is 14.4.